The molecule has 3 heterocycles. The third kappa shape index (κ3) is 2.45. The molecule has 0 N–H and O–H groups in total. The van der Waals surface area contributed by atoms with E-state index in [9.17, 15) is 8.42 Å². The van der Waals surface area contributed by atoms with Crippen molar-refractivity contribution in [2.45, 2.75) is 30.7 Å². The van der Waals surface area contributed by atoms with Crippen LogP contribution in [0.3, 0.4) is 0 Å². The molecule has 0 saturated carbocycles. The van der Waals surface area contributed by atoms with Gasteiger partial charge in [0.05, 0.1) is 10.4 Å². The molecule has 2 fully saturated rings. The highest BCUT2D eigenvalue weighted by atomic mass is 32.2. The summed E-state index contributed by atoms with van der Waals surface area (Å²) in [5, 5.41) is 0.723. The Bertz CT molecular complexity index is 850. The van der Waals surface area contributed by atoms with Crippen molar-refractivity contribution in [2.24, 2.45) is 0 Å². The maximum absolute atomic E-state index is 13.2. The first-order valence-corrected chi connectivity index (χ1v) is 9.60. The van der Waals surface area contributed by atoms with Crippen molar-refractivity contribution < 1.29 is 8.42 Å². The number of rotatable bonds is 2. The van der Waals surface area contributed by atoms with E-state index in [1.165, 1.54) is 6.42 Å². The molecule has 5 nitrogen and oxygen atoms in total. The third-order valence-electron chi connectivity index (χ3n) is 5.10. The zero-order chi connectivity index (χ0) is 16.0. The van der Waals surface area contributed by atoms with E-state index in [1.54, 1.807) is 22.6 Å². The highest BCUT2D eigenvalue weighted by molar-refractivity contribution is 7.89. The minimum atomic E-state index is -3.48. The first-order valence-electron chi connectivity index (χ1n) is 8.16. The normalized spacial score (nSPS) is 23.3. The van der Waals surface area contributed by atoms with Crippen LogP contribution in [0.5, 0.6) is 0 Å². The quantitative estimate of drug-likeness (QED) is 0.845. The number of hydrogen-bond acceptors (Lipinski definition) is 4. The number of hydrogen-bond donors (Lipinski definition) is 0. The molecule has 0 aliphatic carbocycles. The standard InChI is InChI=1S/C17H21N3O2S/c1-13-6-7-16(15-5-2-8-18-17(13)15)23(21,22)20-11-10-19-9-3-4-14(19)12-20/h2,5-8,14H,3-4,9-12H2,1H3. The molecule has 2 aliphatic rings. The SMILES string of the molecule is Cc1ccc(S(=O)(=O)N2CCN3CCCC3C2)c2cccnc12. The minimum absolute atomic E-state index is 0.383. The van der Waals surface area contributed by atoms with Crippen molar-refractivity contribution in [3.05, 3.63) is 36.0 Å². The molecule has 2 saturated heterocycles. The molecule has 1 aromatic carbocycles. The van der Waals surface area contributed by atoms with E-state index in [2.05, 4.69) is 9.88 Å². The summed E-state index contributed by atoms with van der Waals surface area (Å²) in [6.07, 6.45) is 3.99. The number of nitrogens with zero attached hydrogens (tertiary/aromatic N) is 3. The number of aromatic nitrogens is 1. The van der Waals surface area contributed by atoms with Crippen molar-refractivity contribution in [2.75, 3.05) is 26.2 Å². The summed E-state index contributed by atoms with van der Waals surface area (Å²) < 4.78 is 28.0. The molecule has 1 atom stereocenters. The van der Waals surface area contributed by atoms with Gasteiger partial charge in [0.2, 0.25) is 10.0 Å². The predicted molar refractivity (Wildman–Crippen MR) is 89.8 cm³/mol. The maximum atomic E-state index is 13.2. The number of aryl methyl sites for hydroxylation is 1. The Balaban J connectivity index is 1.76. The summed E-state index contributed by atoms with van der Waals surface area (Å²) in [5.41, 5.74) is 1.77. The monoisotopic (exact) mass is 331 g/mol. The first-order chi connectivity index (χ1) is 11.1. The Kier molecular flexibility index (Phi) is 3.63. The lowest BCUT2D eigenvalue weighted by Crippen LogP contribution is -2.51. The summed E-state index contributed by atoms with van der Waals surface area (Å²) in [7, 11) is -3.48. The van der Waals surface area contributed by atoms with Gasteiger partial charge in [-0.25, -0.2) is 8.42 Å². The van der Waals surface area contributed by atoms with E-state index in [-0.39, 0.29) is 0 Å². The highest BCUT2D eigenvalue weighted by Crippen LogP contribution is 2.30. The molecule has 0 radical (unpaired) electrons. The second kappa shape index (κ2) is 5.54. The zero-order valence-electron chi connectivity index (χ0n) is 13.3. The molecular weight excluding hydrogens is 310 g/mol. The van der Waals surface area contributed by atoms with Gasteiger partial charge < -0.3 is 0 Å². The summed E-state index contributed by atoms with van der Waals surface area (Å²) in [5.74, 6) is 0. The largest absolute Gasteiger partial charge is 0.298 e. The van der Waals surface area contributed by atoms with Gasteiger partial charge in [-0.2, -0.15) is 4.31 Å². The van der Waals surface area contributed by atoms with Gasteiger partial charge in [0, 0.05) is 37.3 Å². The van der Waals surface area contributed by atoms with Crippen molar-refractivity contribution >= 4 is 20.9 Å². The number of sulfonamides is 1. The Morgan fingerprint density at radius 1 is 1.17 bits per heavy atom. The Hall–Kier alpha value is -1.50. The molecule has 23 heavy (non-hydrogen) atoms. The van der Waals surface area contributed by atoms with Crippen molar-refractivity contribution in [1.29, 1.82) is 0 Å². The fraction of sp³-hybridized carbons (Fsp3) is 0.471. The Labute approximate surface area is 137 Å². The fourth-order valence-corrected chi connectivity index (χ4v) is 5.48. The predicted octanol–water partition coefficient (Wildman–Crippen LogP) is 2.01. The van der Waals surface area contributed by atoms with Gasteiger partial charge in [0.15, 0.2) is 0 Å². The molecule has 1 unspecified atom stereocenters. The summed E-state index contributed by atoms with van der Waals surface area (Å²) in [4.78, 5) is 7.17. The fourth-order valence-electron chi connectivity index (χ4n) is 3.83. The van der Waals surface area contributed by atoms with Crippen LogP contribution >= 0.6 is 0 Å². The minimum Gasteiger partial charge on any atom is -0.298 e. The molecule has 1 aromatic heterocycles. The highest BCUT2D eigenvalue weighted by Gasteiger charge is 2.36. The summed E-state index contributed by atoms with van der Waals surface area (Å²) in [6.45, 7) is 5.09. The lowest BCUT2D eigenvalue weighted by molar-refractivity contribution is 0.158. The summed E-state index contributed by atoms with van der Waals surface area (Å²) >= 11 is 0. The number of pyridine rings is 1. The van der Waals surface area contributed by atoms with Crippen LogP contribution in [0.25, 0.3) is 10.9 Å². The lowest BCUT2D eigenvalue weighted by atomic mass is 10.1. The van der Waals surface area contributed by atoms with Gasteiger partial charge in [-0.15, -0.1) is 0 Å². The molecule has 122 valence electrons. The molecular formula is C17H21N3O2S. The average molecular weight is 331 g/mol. The van der Waals surface area contributed by atoms with Crippen LogP contribution in [-0.2, 0) is 10.0 Å². The van der Waals surface area contributed by atoms with E-state index in [0.29, 0.717) is 24.0 Å². The van der Waals surface area contributed by atoms with Crippen molar-refractivity contribution in [1.82, 2.24) is 14.2 Å². The van der Waals surface area contributed by atoms with E-state index in [4.69, 9.17) is 0 Å². The van der Waals surface area contributed by atoms with Gasteiger partial charge in [0.1, 0.15) is 0 Å². The lowest BCUT2D eigenvalue weighted by Gasteiger charge is -2.36. The van der Waals surface area contributed by atoms with Crippen LogP contribution in [0.4, 0.5) is 0 Å². The number of fused-ring (bicyclic) bond motifs is 2. The van der Waals surface area contributed by atoms with Gasteiger partial charge in [0.25, 0.3) is 0 Å². The van der Waals surface area contributed by atoms with Crippen LogP contribution in [0, 0.1) is 6.92 Å². The third-order valence-corrected chi connectivity index (χ3v) is 7.02. The van der Waals surface area contributed by atoms with E-state index < -0.39 is 10.0 Å². The van der Waals surface area contributed by atoms with Crippen molar-refractivity contribution in [3.8, 4) is 0 Å². The number of piperazine rings is 1. The average Bonchev–Trinajstić information content (AvgIpc) is 3.03. The molecule has 6 heteroatoms. The van der Waals surface area contributed by atoms with Gasteiger partial charge in [-0.05, 0) is 50.1 Å². The topological polar surface area (TPSA) is 53.5 Å². The smallest absolute Gasteiger partial charge is 0.243 e. The van der Waals surface area contributed by atoms with Gasteiger partial charge in [-0.1, -0.05) is 6.07 Å². The Morgan fingerprint density at radius 2 is 2.04 bits per heavy atom. The second-order valence-corrected chi connectivity index (χ2v) is 8.38. The summed E-state index contributed by atoms with van der Waals surface area (Å²) in [6, 6.07) is 7.63. The van der Waals surface area contributed by atoms with E-state index >= 15 is 0 Å². The van der Waals surface area contributed by atoms with Crippen molar-refractivity contribution in [3.63, 3.8) is 0 Å². The first kappa shape index (κ1) is 15.1. The second-order valence-electron chi connectivity index (χ2n) is 6.48. The molecule has 2 aliphatic heterocycles. The van der Waals surface area contributed by atoms with Crippen LogP contribution in [0.1, 0.15) is 18.4 Å². The van der Waals surface area contributed by atoms with Crippen LogP contribution in [0.15, 0.2) is 35.4 Å². The molecule has 0 bridgehead atoms. The van der Waals surface area contributed by atoms with Crippen LogP contribution in [-0.4, -0.2) is 54.8 Å². The molecule has 0 amide bonds. The molecule has 4 rings (SSSR count). The van der Waals surface area contributed by atoms with Crippen LogP contribution in [0.2, 0.25) is 0 Å². The molecule has 2 aromatic rings. The van der Waals surface area contributed by atoms with E-state index in [0.717, 1.165) is 36.0 Å². The van der Waals surface area contributed by atoms with Crippen LogP contribution < -0.4 is 0 Å². The van der Waals surface area contributed by atoms with Gasteiger partial charge in [-0.3, -0.25) is 9.88 Å². The molecule has 0 spiro atoms. The van der Waals surface area contributed by atoms with E-state index in [1.807, 2.05) is 19.1 Å². The maximum Gasteiger partial charge on any atom is 0.243 e. The Morgan fingerprint density at radius 3 is 2.91 bits per heavy atom. The number of benzene rings is 1. The zero-order valence-corrected chi connectivity index (χ0v) is 14.1. The van der Waals surface area contributed by atoms with Gasteiger partial charge >= 0.3 is 0 Å².